The molecule has 0 bridgehead atoms. The second-order valence-electron chi connectivity index (χ2n) is 4.11. The van der Waals surface area contributed by atoms with Gasteiger partial charge in [0.15, 0.2) is 0 Å². The third-order valence-corrected chi connectivity index (χ3v) is 3.33. The van der Waals surface area contributed by atoms with Gasteiger partial charge in [0.2, 0.25) is 5.91 Å². The molecule has 104 valence electrons. The van der Waals surface area contributed by atoms with E-state index in [1.54, 1.807) is 24.3 Å². The Morgan fingerprint density at radius 2 is 1.75 bits per heavy atom. The van der Waals surface area contributed by atoms with Crippen LogP contribution in [0.15, 0.2) is 24.3 Å². The van der Waals surface area contributed by atoms with E-state index in [0.717, 1.165) is 11.5 Å². The molecule has 2 N–H and O–H groups in total. The van der Waals surface area contributed by atoms with Gasteiger partial charge in [-0.2, -0.15) is 0 Å². The number of hydrogen-bond donors (Lipinski definition) is 2. The normalized spacial score (nSPS) is 10.1. The summed E-state index contributed by atoms with van der Waals surface area (Å²) in [6, 6.07) is 6.90. The van der Waals surface area contributed by atoms with Crippen molar-refractivity contribution in [2.24, 2.45) is 0 Å². The Labute approximate surface area is 120 Å². The van der Waals surface area contributed by atoms with Crippen LogP contribution >= 0.6 is 11.5 Å². The fraction of sp³-hybridized carbons (Fsp3) is 0.231. The van der Waals surface area contributed by atoms with Crippen LogP contribution in [0.25, 0.3) is 0 Å². The molecule has 7 heteroatoms. The molecule has 0 saturated heterocycles. The fourth-order valence-corrected chi connectivity index (χ4v) is 2.29. The number of nitrogens with zero attached hydrogens (tertiary/aromatic N) is 2. The van der Waals surface area contributed by atoms with Crippen molar-refractivity contribution < 1.29 is 9.59 Å². The van der Waals surface area contributed by atoms with E-state index in [9.17, 15) is 9.59 Å². The summed E-state index contributed by atoms with van der Waals surface area (Å²) >= 11 is 1.08. The Morgan fingerprint density at radius 1 is 1.15 bits per heavy atom. The number of hydrogen-bond acceptors (Lipinski definition) is 5. The lowest BCUT2D eigenvalue weighted by molar-refractivity contribution is -0.114. The smallest absolute Gasteiger partial charge is 0.269 e. The van der Waals surface area contributed by atoms with Gasteiger partial charge in [-0.15, -0.1) is 5.10 Å². The van der Waals surface area contributed by atoms with Gasteiger partial charge in [-0.05, 0) is 42.2 Å². The summed E-state index contributed by atoms with van der Waals surface area (Å²) in [5.41, 5.74) is 2.03. The molecule has 0 spiro atoms. The summed E-state index contributed by atoms with van der Waals surface area (Å²) in [6.07, 6.45) is 0.667. The van der Waals surface area contributed by atoms with Crippen LogP contribution in [0, 0.1) is 0 Å². The van der Waals surface area contributed by atoms with Crippen LogP contribution in [0.5, 0.6) is 0 Å². The highest BCUT2D eigenvalue weighted by Gasteiger charge is 2.14. The Kier molecular flexibility index (Phi) is 4.41. The summed E-state index contributed by atoms with van der Waals surface area (Å²) in [7, 11) is 0. The van der Waals surface area contributed by atoms with Crippen molar-refractivity contribution in [2.75, 3.05) is 10.6 Å². The molecule has 0 unspecified atom stereocenters. The minimum Gasteiger partial charge on any atom is -0.326 e. The fourth-order valence-electron chi connectivity index (χ4n) is 1.64. The summed E-state index contributed by atoms with van der Waals surface area (Å²) in [5, 5.41) is 9.34. The average molecular weight is 290 g/mol. The highest BCUT2D eigenvalue weighted by molar-refractivity contribution is 7.08. The lowest BCUT2D eigenvalue weighted by atomic mass is 10.2. The predicted molar refractivity (Wildman–Crippen MR) is 78.0 cm³/mol. The maximum absolute atomic E-state index is 12.1. The number of aromatic nitrogens is 2. The number of nitrogens with one attached hydrogen (secondary N) is 2. The maximum Gasteiger partial charge on any atom is 0.269 e. The number of rotatable bonds is 4. The molecule has 0 aliphatic carbocycles. The zero-order chi connectivity index (χ0) is 14.5. The lowest BCUT2D eigenvalue weighted by Gasteiger charge is -2.06. The second-order valence-corrected chi connectivity index (χ2v) is 4.87. The highest BCUT2D eigenvalue weighted by atomic mass is 32.1. The predicted octanol–water partition coefficient (Wildman–Crippen LogP) is 2.31. The quantitative estimate of drug-likeness (QED) is 0.905. The first-order chi connectivity index (χ1) is 9.60. The van der Waals surface area contributed by atoms with Crippen molar-refractivity contribution in [3.63, 3.8) is 0 Å². The van der Waals surface area contributed by atoms with Gasteiger partial charge in [-0.3, -0.25) is 9.59 Å². The Bertz CT molecular complexity index is 622. The number of amides is 2. The van der Waals surface area contributed by atoms with Crippen molar-refractivity contribution in [3.8, 4) is 0 Å². The summed E-state index contributed by atoms with van der Waals surface area (Å²) in [4.78, 5) is 23.5. The molecular weight excluding hydrogens is 276 g/mol. The minimum atomic E-state index is -0.218. The van der Waals surface area contributed by atoms with E-state index < -0.39 is 0 Å². The van der Waals surface area contributed by atoms with Gasteiger partial charge in [0.05, 0.1) is 5.69 Å². The zero-order valence-electron chi connectivity index (χ0n) is 11.1. The number of benzene rings is 1. The summed E-state index contributed by atoms with van der Waals surface area (Å²) in [5.74, 6) is -0.353. The van der Waals surface area contributed by atoms with Crippen LogP contribution in [-0.4, -0.2) is 21.4 Å². The van der Waals surface area contributed by atoms with E-state index in [1.165, 1.54) is 6.92 Å². The van der Waals surface area contributed by atoms with Gasteiger partial charge in [-0.1, -0.05) is 11.4 Å². The van der Waals surface area contributed by atoms with Gasteiger partial charge in [0, 0.05) is 18.3 Å². The Balaban J connectivity index is 2.06. The van der Waals surface area contributed by atoms with Crippen molar-refractivity contribution in [1.29, 1.82) is 0 Å². The van der Waals surface area contributed by atoms with Crippen molar-refractivity contribution in [1.82, 2.24) is 9.59 Å². The average Bonchev–Trinajstić information content (AvgIpc) is 2.89. The first kappa shape index (κ1) is 14.1. The maximum atomic E-state index is 12.1. The van der Waals surface area contributed by atoms with Crippen molar-refractivity contribution in [3.05, 3.63) is 34.8 Å². The van der Waals surface area contributed by atoms with Crippen LogP contribution in [0.3, 0.4) is 0 Å². The molecule has 2 amide bonds. The molecule has 0 fully saturated rings. The summed E-state index contributed by atoms with van der Waals surface area (Å²) < 4.78 is 3.79. The third kappa shape index (κ3) is 3.39. The van der Waals surface area contributed by atoms with E-state index in [4.69, 9.17) is 0 Å². The van der Waals surface area contributed by atoms with Crippen LogP contribution in [-0.2, 0) is 11.2 Å². The molecule has 1 heterocycles. The monoisotopic (exact) mass is 290 g/mol. The van der Waals surface area contributed by atoms with Gasteiger partial charge in [0.1, 0.15) is 4.88 Å². The van der Waals surface area contributed by atoms with Crippen molar-refractivity contribution >= 4 is 34.7 Å². The third-order valence-electron chi connectivity index (χ3n) is 2.56. The van der Waals surface area contributed by atoms with Gasteiger partial charge in [-0.25, -0.2) is 0 Å². The van der Waals surface area contributed by atoms with Gasteiger partial charge < -0.3 is 10.6 Å². The Hall–Kier alpha value is -2.28. The largest absolute Gasteiger partial charge is 0.326 e. The molecule has 2 rings (SSSR count). The first-order valence-corrected chi connectivity index (χ1v) is 6.87. The van der Waals surface area contributed by atoms with E-state index >= 15 is 0 Å². The van der Waals surface area contributed by atoms with Crippen molar-refractivity contribution in [2.45, 2.75) is 20.3 Å². The SMILES string of the molecule is CCc1nnsc1C(=O)Nc1ccc(NC(C)=O)cc1. The summed E-state index contributed by atoms with van der Waals surface area (Å²) in [6.45, 7) is 3.37. The minimum absolute atomic E-state index is 0.134. The van der Waals surface area contributed by atoms with E-state index in [-0.39, 0.29) is 11.8 Å². The Morgan fingerprint density at radius 3 is 2.30 bits per heavy atom. The van der Waals surface area contributed by atoms with Crippen LogP contribution in [0.2, 0.25) is 0 Å². The molecule has 0 aliphatic rings. The lowest BCUT2D eigenvalue weighted by Crippen LogP contribution is -2.12. The molecule has 6 nitrogen and oxygen atoms in total. The molecule has 1 aromatic carbocycles. The van der Waals surface area contributed by atoms with E-state index in [1.807, 2.05) is 6.92 Å². The molecular formula is C13H14N4O2S. The topological polar surface area (TPSA) is 84.0 Å². The highest BCUT2D eigenvalue weighted by Crippen LogP contribution is 2.17. The molecule has 0 radical (unpaired) electrons. The van der Waals surface area contributed by atoms with Crippen LogP contribution in [0.1, 0.15) is 29.2 Å². The van der Waals surface area contributed by atoms with Gasteiger partial charge in [0.25, 0.3) is 5.91 Å². The van der Waals surface area contributed by atoms with E-state index in [2.05, 4.69) is 20.2 Å². The van der Waals surface area contributed by atoms with Crippen LogP contribution < -0.4 is 10.6 Å². The first-order valence-electron chi connectivity index (χ1n) is 6.10. The second kappa shape index (κ2) is 6.25. The number of aryl methyl sites for hydroxylation is 1. The molecule has 0 aliphatic heterocycles. The molecule has 2 aromatic rings. The molecule has 20 heavy (non-hydrogen) atoms. The molecule has 1 aromatic heterocycles. The van der Waals surface area contributed by atoms with Gasteiger partial charge >= 0.3 is 0 Å². The van der Waals surface area contributed by atoms with Crippen LogP contribution in [0.4, 0.5) is 11.4 Å². The number of carbonyl (C=O) groups is 2. The zero-order valence-corrected chi connectivity index (χ0v) is 12.0. The standard InChI is InChI=1S/C13H14N4O2S/c1-3-11-12(20-17-16-11)13(19)15-10-6-4-9(5-7-10)14-8(2)18/h4-7H,3H2,1-2H3,(H,14,18)(H,15,19). The number of carbonyl (C=O) groups excluding carboxylic acids is 2. The number of anilines is 2. The van der Waals surface area contributed by atoms with E-state index in [0.29, 0.717) is 28.4 Å². The molecule has 0 atom stereocenters. The molecule has 0 saturated carbocycles.